The summed E-state index contributed by atoms with van der Waals surface area (Å²) in [5, 5.41) is 0. The first-order valence-electron chi connectivity index (χ1n) is 5.30. The molecular formula is C11H16O3. The summed E-state index contributed by atoms with van der Waals surface area (Å²) in [6, 6.07) is 0. The zero-order chi connectivity index (χ0) is 9.80. The van der Waals surface area contributed by atoms with Crippen LogP contribution >= 0.6 is 0 Å². The third-order valence-corrected chi connectivity index (χ3v) is 2.84. The molecule has 0 aromatic heterocycles. The van der Waals surface area contributed by atoms with Gasteiger partial charge in [0.15, 0.2) is 5.78 Å². The van der Waals surface area contributed by atoms with Gasteiger partial charge in [0.2, 0.25) is 0 Å². The second-order valence-corrected chi connectivity index (χ2v) is 3.87. The van der Waals surface area contributed by atoms with Crippen LogP contribution in [0.15, 0.2) is 11.8 Å². The van der Waals surface area contributed by atoms with Crippen molar-refractivity contribution in [1.29, 1.82) is 0 Å². The molecule has 0 saturated carbocycles. The van der Waals surface area contributed by atoms with E-state index in [9.17, 15) is 4.79 Å². The van der Waals surface area contributed by atoms with E-state index in [0.29, 0.717) is 0 Å². The lowest BCUT2D eigenvalue weighted by Crippen LogP contribution is -2.25. The van der Waals surface area contributed by atoms with Gasteiger partial charge in [0.05, 0.1) is 12.9 Å². The van der Waals surface area contributed by atoms with Crippen LogP contribution in [-0.4, -0.2) is 25.6 Å². The Morgan fingerprint density at radius 1 is 1.29 bits per heavy atom. The number of Topliss-reactive ketones (excluding diaryl/α,β-unsaturated/α-hetero) is 1. The maximum Gasteiger partial charge on any atom is 0.165 e. The maximum atomic E-state index is 11.9. The van der Waals surface area contributed by atoms with E-state index < -0.39 is 0 Å². The quantitative estimate of drug-likeness (QED) is 0.674. The summed E-state index contributed by atoms with van der Waals surface area (Å²) in [5.41, 5.74) is 0.878. The van der Waals surface area contributed by atoms with Crippen LogP contribution in [0.2, 0.25) is 0 Å². The van der Waals surface area contributed by atoms with E-state index in [4.69, 9.17) is 9.47 Å². The smallest absolute Gasteiger partial charge is 0.165 e. The fourth-order valence-corrected chi connectivity index (χ4v) is 1.97. The van der Waals surface area contributed by atoms with Gasteiger partial charge in [-0.2, -0.15) is 0 Å². The number of allylic oxidation sites excluding steroid dienone is 1. The second kappa shape index (κ2) is 4.60. The Morgan fingerprint density at radius 2 is 2.07 bits per heavy atom. The minimum Gasteiger partial charge on any atom is -0.501 e. The molecule has 0 amide bonds. The van der Waals surface area contributed by atoms with Crippen LogP contribution in [0.3, 0.4) is 0 Å². The second-order valence-electron chi connectivity index (χ2n) is 3.87. The Kier molecular flexibility index (Phi) is 3.19. The standard InChI is InChI=1S/C11H16O3/c12-11(9-3-6-13-7-4-9)10-2-1-5-14-8-10/h8-9H,1-7H2. The molecule has 78 valence electrons. The van der Waals surface area contributed by atoms with Crippen LogP contribution in [0.1, 0.15) is 25.7 Å². The summed E-state index contributed by atoms with van der Waals surface area (Å²) in [4.78, 5) is 11.9. The highest BCUT2D eigenvalue weighted by Gasteiger charge is 2.25. The molecule has 2 aliphatic rings. The van der Waals surface area contributed by atoms with Crippen LogP contribution in [-0.2, 0) is 14.3 Å². The lowest BCUT2D eigenvalue weighted by atomic mass is 9.89. The first-order chi connectivity index (χ1) is 6.88. The molecule has 0 N–H and O–H groups in total. The van der Waals surface area contributed by atoms with Crippen molar-refractivity contribution >= 4 is 5.78 Å². The molecule has 14 heavy (non-hydrogen) atoms. The number of ether oxygens (including phenoxy) is 2. The third kappa shape index (κ3) is 2.15. The predicted octanol–water partition coefficient (Wildman–Crippen LogP) is 1.68. The summed E-state index contributed by atoms with van der Waals surface area (Å²) in [6.07, 6.45) is 5.25. The molecule has 3 heteroatoms. The van der Waals surface area contributed by atoms with Gasteiger partial charge in [-0.25, -0.2) is 0 Å². The van der Waals surface area contributed by atoms with E-state index in [2.05, 4.69) is 0 Å². The van der Waals surface area contributed by atoms with E-state index in [0.717, 1.165) is 51.1 Å². The molecule has 0 unspecified atom stereocenters. The highest BCUT2D eigenvalue weighted by atomic mass is 16.5. The highest BCUT2D eigenvalue weighted by Crippen LogP contribution is 2.23. The van der Waals surface area contributed by atoms with Gasteiger partial charge in [-0.3, -0.25) is 4.79 Å². The largest absolute Gasteiger partial charge is 0.501 e. The monoisotopic (exact) mass is 196 g/mol. The van der Waals surface area contributed by atoms with Crippen LogP contribution < -0.4 is 0 Å². The van der Waals surface area contributed by atoms with Crippen LogP contribution in [0, 0.1) is 5.92 Å². The lowest BCUT2D eigenvalue weighted by molar-refractivity contribution is -0.122. The maximum absolute atomic E-state index is 11.9. The topological polar surface area (TPSA) is 35.5 Å². The fourth-order valence-electron chi connectivity index (χ4n) is 1.97. The fraction of sp³-hybridized carbons (Fsp3) is 0.727. The zero-order valence-corrected chi connectivity index (χ0v) is 8.33. The zero-order valence-electron chi connectivity index (χ0n) is 8.33. The van der Waals surface area contributed by atoms with Crippen molar-refractivity contribution in [3.63, 3.8) is 0 Å². The Bertz CT molecular complexity index is 239. The number of ketones is 1. The molecule has 1 fully saturated rings. The van der Waals surface area contributed by atoms with Crippen molar-refractivity contribution in [1.82, 2.24) is 0 Å². The van der Waals surface area contributed by atoms with Gasteiger partial charge in [-0.15, -0.1) is 0 Å². The number of carbonyl (C=O) groups is 1. The molecule has 3 nitrogen and oxygen atoms in total. The number of hydrogen-bond acceptors (Lipinski definition) is 3. The Hall–Kier alpha value is -0.830. The first kappa shape index (κ1) is 9.71. The van der Waals surface area contributed by atoms with Crippen molar-refractivity contribution in [2.75, 3.05) is 19.8 Å². The molecule has 2 rings (SSSR count). The molecular weight excluding hydrogens is 180 g/mol. The summed E-state index contributed by atoms with van der Waals surface area (Å²) >= 11 is 0. The summed E-state index contributed by atoms with van der Waals surface area (Å²) in [7, 11) is 0. The van der Waals surface area contributed by atoms with Crippen molar-refractivity contribution in [2.45, 2.75) is 25.7 Å². The normalized spacial score (nSPS) is 23.9. The number of rotatable bonds is 2. The van der Waals surface area contributed by atoms with Gasteiger partial charge in [-0.1, -0.05) is 0 Å². The van der Waals surface area contributed by atoms with E-state index >= 15 is 0 Å². The van der Waals surface area contributed by atoms with Gasteiger partial charge < -0.3 is 9.47 Å². The molecule has 0 spiro atoms. The average Bonchev–Trinajstić information content (AvgIpc) is 2.30. The van der Waals surface area contributed by atoms with Crippen LogP contribution in [0.4, 0.5) is 0 Å². The van der Waals surface area contributed by atoms with Crippen LogP contribution in [0.25, 0.3) is 0 Å². The Labute approximate surface area is 84.1 Å². The van der Waals surface area contributed by atoms with E-state index in [1.807, 2.05) is 0 Å². The molecule has 0 radical (unpaired) electrons. The lowest BCUT2D eigenvalue weighted by Gasteiger charge is -2.23. The highest BCUT2D eigenvalue weighted by molar-refractivity contribution is 5.97. The van der Waals surface area contributed by atoms with E-state index in [-0.39, 0.29) is 11.7 Å². The summed E-state index contributed by atoms with van der Waals surface area (Å²) in [6.45, 7) is 2.21. The van der Waals surface area contributed by atoms with Crippen LogP contribution in [0.5, 0.6) is 0 Å². The predicted molar refractivity (Wildman–Crippen MR) is 51.8 cm³/mol. The molecule has 2 heterocycles. The SMILES string of the molecule is O=C(C1=COCCC1)C1CCOCC1. The van der Waals surface area contributed by atoms with E-state index in [1.54, 1.807) is 6.26 Å². The van der Waals surface area contributed by atoms with Gasteiger partial charge in [0.1, 0.15) is 0 Å². The number of hydrogen-bond donors (Lipinski definition) is 0. The molecule has 0 atom stereocenters. The molecule has 0 bridgehead atoms. The molecule has 1 saturated heterocycles. The van der Waals surface area contributed by atoms with Crippen molar-refractivity contribution in [2.24, 2.45) is 5.92 Å². The summed E-state index contributed by atoms with van der Waals surface area (Å²) in [5.74, 6) is 0.463. The molecule has 0 aromatic carbocycles. The molecule has 0 aromatic rings. The minimum atomic E-state index is 0.177. The van der Waals surface area contributed by atoms with Gasteiger partial charge in [0, 0.05) is 24.7 Å². The minimum absolute atomic E-state index is 0.177. The van der Waals surface area contributed by atoms with Gasteiger partial charge >= 0.3 is 0 Å². The molecule has 0 aliphatic carbocycles. The third-order valence-electron chi connectivity index (χ3n) is 2.84. The first-order valence-corrected chi connectivity index (χ1v) is 5.30. The van der Waals surface area contributed by atoms with Crippen molar-refractivity contribution < 1.29 is 14.3 Å². The van der Waals surface area contributed by atoms with E-state index in [1.165, 1.54) is 0 Å². The summed E-state index contributed by atoms with van der Waals surface area (Å²) < 4.78 is 10.4. The Balaban J connectivity index is 1.95. The van der Waals surface area contributed by atoms with Gasteiger partial charge in [0.25, 0.3) is 0 Å². The van der Waals surface area contributed by atoms with Gasteiger partial charge in [-0.05, 0) is 25.7 Å². The Morgan fingerprint density at radius 3 is 2.71 bits per heavy atom. The number of carbonyl (C=O) groups excluding carboxylic acids is 1. The van der Waals surface area contributed by atoms with Crippen molar-refractivity contribution in [3.05, 3.63) is 11.8 Å². The molecule has 2 aliphatic heterocycles. The average molecular weight is 196 g/mol. The van der Waals surface area contributed by atoms with Crippen molar-refractivity contribution in [3.8, 4) is 0 Å².